The number of aromatic nitrogens is 2. The lowest BCUT2D eigenvalue weighted by Gasteiger charge is -2.07. The maximum Gasteiger partial charge on any atom is 0.265 e. The first kappa shape index (κ1) is 11.6. The molecule has 0 aliphatic heterocycles. The van der Waals surface area contributed by atoms with Crippen LogP contribution in [-0.2, 0) is 10.0 Å². The van der Waals surface area contributed by atoms with Gasteiger partial charge in [-0.05, 0) is 19.1 Å². The largest absolute Gasteiger partial charge is 0.265 e. The number of benzene rings is 1. The van der Waals surface area contributed by atoms with Crippen LogP contribution in [0, 0.1) is 12.7 Å². The van der Waals surface area contributed by atoms with E-state index in [1.165, 1.54) is 24.4 Å². The predicted molar refractivity (Wildman–Crippen MR) is 60.5 cm³/mol. The van der Waals surface area contributed by atoms with Crippen molar-refractivity contribution in [3.05, 3.63) is 41.8 Å². The summed E-state index contributed by atoms with van der Waals surface area (Å²) in [6.07, 6.45) is 1.47. The van der Waals surface area contributed by atoms with Crippen LogP contribution in [0.5, 0.6) is 0 Å². The van der Waals surface area contributed by atoms with E-state index in [0.29, 0.717) is 5.56 Å². The number of nitrogens with zero attached hydrogens (tertiary/aromatic N) is 1. The van der Waals surface area contributed by atoms with Gasteiger partial charge in [0.1, 0.15) is 16.5 Å². The van der Waals surface area contributed by atoms with Crippen molar-refractivity contribution < 1.29 is 12.8 Å². The average Bonchev–Trinajstić information content (AvgIpc) is 2.64. The highest BCUT2D eigenvalue weighted by Crippen LogP contribution is 2.18. The molecule has 0 radical (unpaired) electrons. The molecule has 0 aliphatic carbocycles. The monoisotopic (exact) mass is 255 g/mol. The van der Waals surface area contributed by atoms with Crippen LogP contribution in [0.1, 0.15) is 5.56 Å². The Bertz CT molecular complexity index is 637. The molecular formula is C10H10FN3O2S. The quantitative estimate of drug-likeness (QED) is 0.875. The second-order valence-corrected chi connectivity index (χ2v) is 5.11. The van der Waals surface area contributed by atoms with E-state index in [2.05, 4.69) is 14.9 Å². The summed E-state index contributed by atoms with van der Waals surface area (Å²) < 4.78 is 39.4. The van der Waals surface area contributed by atoms with Gasteiger partial charge in [0.05, 0.1) is 6.20 Å². The Morgan fingerprint density at radius 1 is 1.35 bits per heavy atom. The zero-order chi connectivity index (χ0) is 12.5. The van der Waals surface area contributed by atoms with Gasteiger partial charge in [0.2, 0.25) is 0 Å². The molecule has 0 spiro atoms. The van der Waals surface area contributed by atoms with Crippen LogP contribution < -0.4 is 4.72 Å². The molecule has 0 aliphatic rings. The molecule has 0 saturated carbocycles. The molecule has 0 saturated heterocycles. The molecule has 2 aromatic rings. The van der Waals surface area contributed by atoms with Gasteiger partial charge in [-0.3, -0.25) is 9.82 Å². The molecule has 0 bridgehead atoms. The lowest BCUT2D eigenvalue weighted by atomic mass is 10.4. The van der Waals surface area contributed by atoms with Crippen molar-refractivity contribution in [2.75, 3.05) is 4.72 Å². The molecule has 0 amide bonds. The summed E-state index contributed by atoms with van der Waals surface area (Å²) in [7, 11) is -3.93. The van der Waals surface area contributed by atoms with E-state index in [9.17, 15) is 12.8 Å². The summed E-state index contributed by atoms with van der Waals surface area (Å²) in [5.74, 6) is -0.564. The molecule has 1 heterocycles. The van der Waals surface area contributed by atoms with Crippen LogP contribution in [-0.4, -0.2) is 18.6 Å². The molecule has 0 atom stereocenters. The molecule has 0 fully saturated rings. The summed E-state index contributed by atoms with van der Waals surface area (Å²) in [6, 6.07) is 5.17. The summed E-state index contributed by atoms with van der Waals surface area (Å²) in [6.45, 7) is 1.68. The highest BCUT2D eigenvalue weighted by molar-refractivity contribution is 7.92. The fourth-order valence-electron chi connectivity index (χ4n) is 1.30. The van der Waals surface area contributed by atoms with Crippen LogP contribution in [0.2, 0.25) is 0 Å². The minimum absolute atomic E-state index is 0.230. The zero-order valence-electron chi connectivity index (χ0n) is 8.94. The Morgan fingerprint density at radius 2 is 2.06 bits per heavy atom. The minimum atomic E-state index is -3.93. The molecule has 0 unspecified atom stereocenters. The molecule has 2 rings (SSSR count). The lowest BCUT2D eigenvalue weighted by Crippen LogP contribution is -2.15. The van der Waals surface area contributed by atoms with Crippen LogP contribution in [0.4, 0.5) is 10.2 Å². The van der Waals surface area contributed by atoms with Gasteiger partial charge in [-0.2, -0.15) is 5.10 Å². The maximum absolute atomic E-state index is 13.4. The Hall–Kier alpha value is -1.89. The molecular weight excluding hydrogens is 245 g/mol. The van der Waals surface area contributed by atoms with E-state index >= 15 is 0 Å². The molecule has 1 aromatic heterocycles. The van der Waals surface area contributed by atoms with Crippen molar-refractivity contribution in [2.45, 2.75) is 11.8 Å². The van der Waals surface area contributed by atoms with Crippen LogP contribution in [0.25, 0.3) is 0 Å². The first-order valence-corrected chi connectivity index (χ1v) is 6.26. The van der Waals surface area contributed by atoms with Gasteiger partial charge < -0.3 is 0 Å². The minimum Gasteiger partial charge on any atom is -0.263 e. The fraction of sp³-hybridized carbons (Fsp3) is 0.100. The Morgan fingerprint density at radius 3 is 2.65 bits per heavy atom. The van der Waals surface area contributed by atoms with Crippen molar-refractivity contribution in [1.29, 1.82) is 0 Å². The average molecular weight is 255 g/mol. The smallest absolute Gasteiger partial charge is 0.263 e. The molecule has 2 N–H and O–H groups in total. The Balaban J connectivity index is 2.39. The number of sulfonamides is 1. The normalized spacial score (nSPS) is 11.4. The van der Waals surface area contributed by atoms with E-state index in [-0.39, 0.29) is 5.82 Å². The Kier molecular flexibility index (Phi) is 2.84. The van der Waals surface area contributed by atoms with Crippen molar-refractivity contribution in [3.63, 3.8) is 0 Å². The topological polar surface area (TPSA) is 74.8 Å². The standard InChI is InChI=1S/C10H10FN3O2S/c1-7-6-12-13-10(7)14-17(15,16)9-5-3-2-4-8(9)11/h2-6H,1H3,(H2,12,13,14). The SMILES string of the molecule is Cc1cn[nH]c1NS(=O)(=O)c1ccccc1F. The first-order valence-electron chi connectivity index (χ1n) is 4.78. The number of H-pyrrole nitrogens is 1. The number of halogens is 1. The van der Waals surface area contributed by atoms with Crippen molar-refractivity contribution in [3.8, 4) is 0 Å². The number of hydrogen-bond donors (Lipinski definition) is 2. The number of nitrogens with one attached hydrogen (secondary N) is 2. The third-order valence-corrected chi connectivity index (χ3v) is 3.57. The van der Waals surface area contributed by atoms with E-state index in [4.69, 9.17) is 0 Å². The van der Waals surface area contributed by atoms with Crippen molar-refractivity contribution in [2.24, 2.45) is 0 Å². The highest BCUT2D eigenvalue weighted by atomic mass is 32.2. The molecule has 90 valence electrons. The summed E-state index contributed by atoms with van der Waals surface area (Å²) in [5.41, 5.74) is 0.630. The van der Waals surface area contributed by atoms with Crippen LogP contribution >= 0.6 is 0 Å². The van der Waals surface area contributed by atoms with Gasteiger partial charge >= 0.3 is 0 Å². The molecule has 1 aromatic carbocycles. The van der Waals surface area contributed by atoms with Gasteiger partial charge in [-0.1, -0.05) is 12.1 Å². The number of aryl methyl sites for hydroxylation is 1. The van der Waals surface area contributed by atoms with Crippen LogP contribution in [0.3, 0.4) is 0 Å². The van der Waals surface area contributed by atoms with E-state index in [0.717, 1.165) is 6.07 Å². The van der Waals surface area contributed by atoms with E-state index in [1.54, 1.807) is 6.92 Å². The Labute approximate surface area is 97.7 Å². The van der Waals surface area contributed by atoms with Gasteiger partial charge in [0.15, 0.2) is 0 Å². The molecule has 5 nitrogen and oxygen atoms in total. The van der Waals surface area contributed by atoms with Gasteiger partial charge in [-0.15, -0.1) is 0 Å². The summed E-state index contributed by atoms with van der Waals surface area (Å²) >= 11 is 0. The van der Waals surface area contributed by atoms with Gasteiger partial charge in [0, 0.05) is 5.56 Å². The maximum atomic E-state index is 13.4. The second-order valence-electron chi connectivity index (χ2n) is 3.46. The van der Waals surface area contributed by atoms with Gasteiger partial charge in [0.25, 0.3) is 10.0 Å². The molecule has 7 heteroatoms. The van der Waals surface area contributed by atoms with Crippen LogP contribution in [0.15, 0.2) is 35.4 Å². The third-order valence-electron chi connectivity index (χ3n) is 2.19. The summed E-state index contributed by atoms with van der Waals surface area (Å²) in [5, 5.41) is 6.16. The van der Waals surface area contributed by atoms with Gasteiger partial charge in [-0.25, -0.2) is 12.8 Å². The van der Waals surface area contributed by atoms with Crippen molar-refractivity contribution >= 4 is 15.8 Å². The van der Waals surface area contributed by atoms with E-state index < -0.39 is 20.7 Å². The van der Waals surface area contributed by atoms with Crippen molar-refractivity contribution in [1.82, 2.24) is 10.2 Å². The number of anilines is 1. The summed E-state index contributed by atoms with van der Waals surface area (Å²) in [4.78, 5) is -0.394. The highest BCUT2D eigenvalue weighted by Gasteiger charge is 2.19. The lowest BCUT2D eigenvalue weighted by molar-refractivity contribution is 0.570. The third kappa shape index (κ3) is 2.28. The number of rotatable bonds is 3. The zero-order valence-corrected chi connectivity index (χ0v) is 9.75. The number of aromatic amines is 1. The van der Waals surface area contributed by atoms with E-state index in [1.807, 2.05) is 0 Å². The fourth-order valence-corrected chi connectivity index (χ4v) is 2.47. The second kappa shape index (κ2) is 4.17. The first-order chi connectivity index (χ1) is 8.00. The molecule has 17 heavy (non-hydrogen) atoms. The number of hydrogen-bond acceptors (Lipinski definition) is 3. The predicted octanol–water partition coefficient (Wildman–Crippen LogP) is 1.66.